The number of amidine groups is 1. The molecule has 1 aliphatic rings. The van der Waals surface area contributed by atoms with Gasteiger partial charge in [-0.15, -0.1) is 0 Å². The van der Waals surface area contributed by atoms with E-state index in [0.717, 1.165) is 0 Å². The lowest BCUT2D eigenvalue weighted by Crippen LogP contribution is -2.24. The lowest BCUT2D eigenvalue weighted by Gasteiger charge is -2.13. The molecule has 0 saturated carbocycles. The van der Waals surface area contributed by atoms with E-state index in [9.17, 15) is 8.78 Å². The van der Waals surface area contributed by atoms with E-state index in [1.165, 1.54) is 18.2 Å². The van der Waals surface area contributed by atoms with Gasteiger partial charge in [0.2, 0.25) is 0 Å². The summed E-state index contributed by atoms with van der Waals surface area (Å²) in [6, 6.07) is 6.47. The van der Waals surface area contributed by atoms with Gasteiger partial charge in [0.25, 0.3) is 0 Å². The van der Waals surface area contributed by atoms with Gasteiger partial charge in [0.15, 0.2) is 0 Å². The monoisotopic (exact) mass is 397 g/mol. The van der Waals surface area contributed by atoms with Crippen molar-refractivity contribution in [1.82, 2.24) is 0 Å². The predicted octanol–water partition coefficient (Wildman–Crippen LogP) is 4.61. The summed E-state index contributed by atoms with van der Waals surface area (Å²) in [6.07, 6.45) is 0. The van der Waals surface area contributed by atoms with Crippen molar-refractivity contribution in [2.24, 2.45) is 15.7 Å². The van der Waals surface area contributed by atoms with Crippen LogP contribution in [0.1, 0.15) is 18.1 Å². The summed E-state index contributed by atoms with van der Waals surface area (Å²) in [5.41, 5.74) is 6.51. The Morgan fingerprint density at radius 3 is 2.43 bits per heavy atom. The Kier molecular flexibility index (Phi) is 4.21. The average Bonchev–Trinajstić information content (AvgIpc) is 2.61. The van der Waals surface area contributed by atoms with Crippen LogP contribution in [0.5, 0.6) is 0 Å². The molecule has 7 heteroatoms. The third kappa shape index (κ3) is 2.77. The van der Waals surface area contributed by atoms with Crippen molar-refractivity contribution in [3.8, 4) is 0 Å². The van der Waals surface area contributed by atoms with Crippen molar-refractivity contribution in [2.75, 3.05) is 0 Å². The first-order valence-corrected chi connectivity index (χ1v) is 7.92. The van der Waals surface area contributed by atoms with Gasteiger partial charge in [-0.25, -0.2) is 13.8 Å². The van der Waals surface area contributed by atoms with Crippen molar-refractivity contribution in [3.63, 3.8) is 0 Å². The maximum absolute atomic E-state index is 14.3. The number of hydrogen-bond donors (Lipinski definition) is 1. The van der Waals surface area contributed by atoms with Gasteiger partial charge in [-0.05, 0) is 47.1 Å². The van der Waals surface area contributed by atoms with Crippen LogP contribution in [-0.4, -0.2) is 17.6 Å². The minimum atomic E-state index is -0.724. The molecule has 0 saturated heterocycles. The quantitative estimate of drug-likeness (QED) is 0.749. The first-order valence-electron chi connectivity index (χ1n) is 6.74. The molecule has 1 unspecified atom stereocenters. The van der Waals surface area contributed by atoms with Gasteiger partial charge in [-0.1, -0.05) is 17.7 Å². The number of nitrogens with two attached hydrogens (primary N) is 1. The Labute approximate surface area is 145 Å². The van der Waals surface area contributed by atoms with Crippen LogP contribution in [0.4, 0.5) is 14.5 Å². The highest BCUT2D eigenvalue weighted by Gasteiger charge is 2.26. The molecule has 1 aliphatic heterocycles. The van der Waals surface area contributed by atoms with Crippen LogP contribution in [0.15, 0.2) is 44.8 Å². The summed E-state index contributed by atoms with van der Waals surface area (Å²) in [5, 5.41) is 0.273. The van der Waals surface area contributed by atoms with Gasteiger partial charge >= 0.3 is 0 Å². The third-order valence-electron chi connectivity index (χ3n) is 3.51. The van der Waals surface area contributed by atoms with E-state index >= 15 is 0 Å². The SMILES string of the molecule is CC1N=C(c2c(F)cccc2F)c2c(ccc(Br)c2Cl)N=C1N. The molecule has 0 spiro atoms. The van der Waals surface area contributed by atoms with Gasteiger partial charge in [-0.3, -0.25) is 4.99 Å². The Hall–Kier alpha value is -1.79. The number of fused-ring (bicyclic) bond motifs is 1. The number of nitrogens with zero attached hydrogens (tertiary/aromatic N) is 2. The number of rotatable bonds is 1. The first kappa shape index (κ1) is 16.1. The van der Waals surface area contributed by atoms with Crippen LogP contribution >= 0.6 is 27.5 Å². The number of benzene rings is 2. The number of aliphatic imine (C=N–C) groups is 2. The highest BCUT2D eigenvalue weighted by Crippen LogP contribution is 2.37. The molecule has 2 aromatic rings. The highest BCUT2D eigenvalue weighted by molar-refractivity contribution is 9.10. The summed E-state index contributed by atoms with van der Waals surface area (Å²) in [6.45, 7) is 1.70. The molecule has 23 heavy (non-hydrogen) atoms. The van der Waals surface area contributed by atoms with Gasteiger partial charge < -0.3 is 5.73 Å². The van der Waals surface area contributed by atoms with Crippen LogP contribution in [0.25, 0.3) is 0 Å². The van der Waals surface area contributed by atoms with Gasteiger partial charge in [0.05, 0.1) is 22.0 Å². The summed E-state index contributed by atoms with van der Waals surface area (Å²) < 4.78 is 29.1. The van der Waals surface area contributed by atoms with E-state index in [1.54, 1.807) is 19.1 Å². The lowest BCUT2D eigenvalue weighted by atomic mass is 9.99. The molecule has 0 fully saturated rings. The summed E-state index contributed by atoms with van der Waals surface area (Å²) in [7, 11) is 0. The van der Waals surface area contributed by atoms with Gasteiger partial charge in [-0.2, -0.15) is 0 Å². The molecular formula is C16H11BrClF2N3. The molecule has 2 N–H and O–H groups in total. The molecule has 1 heterocycles. The number of halogens is 4. The zero-order valence-corrected chi connectivity index (χ0v) is 14.3. The molecular weight excluding hydrogens is 388 g/mol. The normalized spacial score (nSPS) is 17.2. The van der Waals surface area contributed by atoms with Crippen molar-refractivity contribution < 1.29 is 8.78 Å². The maximum Gasteiger partial charge on any atom is 0.135 e. The summed E-state index contributed by atoms with van der Waals surface area (Å²) in [4.78, 5) is 8.66. The van der Waals surface area contributed by atoms with E-state index < -0.39 is 17.7 Å². The fourth-order valence-electron chi connectivity index (χ4n) is 2.33. The second-order valence-electron chi connectivity index (χ2n) is 5.04. The van der Waals surface area contributed by atoms with E-state index in [0.29, 0.717) is 15.7 Å². The second kappa shape index (κ2) is 6.02. The zero-order chi connectivity index (χ0) is 16.7. The van der Waals surface area contributed by atoms with Gasteiger partial charge in [0, 0.05) is 10.0 Å². The molecule has 118 valence electrons. The minimum Gasteiger partial charge on any atom is -0.385 e. The molecule has 3 nitrogen and oxygen atoms in total. The van der Waals surface area contributed by atoms with E-state index in [1.807, 2.05) is 0 Å². The summed E-state index contributed by atoms with van der Waals surface area (Å²) >= 11 is 9.66. The van der Waals surface area contributed by atoms with Crippen LogP contribution in [0.2, 0.25) is 5.02 Å². The van der Waals surface area contributed by atoms with E-state index in [2.05, 4.69) is 25.9 Å². The van der Waals surface area contributed by atoms with E-state index in [4.69, 9.17) is 17.3 Å². The average molecular weight is 399 g/mol. The van der Waals surface area contributed by atoms with E-state index in [-0.39, 0.29) is 22.1 Å². The van der Waals surface area contributed by atoms with Crippen LogP contribution in [-0.2, 0) is 0 Å². The lowest BCUT2D eigenvalue weighted by molar-refractivity contribution is 0.579. The molecule has 0 radical (unpaired) electrons. The van der Waals surface area contributed by atoms with Gasteiger partial charge in [0.1, 0.15) is 23.5 Å². The van der Waals surface area contributed by atoms with Crippen molar-refractivity contribution in [1.29, 1.82) is 0 Å². The van der Waals surface area contributed by atoms with Crippen molar-refractivity contribution in [3.05, 3.63) is 62.6 Å². The smallest absolute Gasteiger partial charge is 0.135 e. The Morgan fingerprint density at radius 1 is 1.13 bits per heavy atom. The Balaban J connectivity index is 2.39. The Bertz CT molecular complexity index is 844. The first-order chi connectivity index (χ1) is 10.9. The topological polar surface area (TPSA) is 50.7 Å². The largest absolute Gasteiger partial charge is 0.385 e. The van der Waals surface area contributed by atoms with Crippen LogP contribution in [0.3, 0.4) is 0 Å². The predicted molar refractivity (Wildman–Crippen MR) is 91.9 cm³/mol. The van der Waals surface area contributed by atoms with Crippen molar-refractivity contribution >= 4 is 44.8 Å². The number of hydrogen-bond acceptors (Lipinski definition) is 3. The van der Waals surface area contributed by atoms with Crippen molar-refractivity contribution in [2.45, 2.75) is 13.0 Å². The summed E-state index contributed by atoms with van der Waals surface area (Å²) in [5.74, 6) is -1.20. The molecule has 1 atom stereocenters. The second-order valence-corrected chi connectivity index (χ2v) is 6.27. The zero-order valence-electron chi connectivity index (χ0n) is 11.9. The van der Waals surface area contributed by atoms with Crippen LogP contribution in [0, 0.1) is 11.6 Å². The molecule has 2 aromatic carbocycles. The molecule has 3 rings (SSSR count). The molecule has 0 bridgehead atoms. The highest BCUT2D eigenvalue weighted by atomic mass is 79.9. The maximum atomic E-state index is 14.3. The van der Waals surface area contributed by atoms with Crippen LogP contribution < -0.4 is 5.73 Å². The third-order valence-corrected chi connectivity index (χ3v) is 4.79. The fourth-order valence-corrected chi connectivity index (χ4v) is 2.91. The standard InChI is InChI=1S/C16H11BrClF2N3/c1-7-16(21)23-11-6-5-8(17)14(18)13(11)15(22-7)12-9(19)3-2-4-10(12)20/h2-7H,1H3,(H2,21,23). The molecule has 0 aliphatic carbocycles. The molecule has 0 aromatic heterocycles. The molecule has 0 amide bonds. The fraction of sp³-hybridized carbons (Fsp3) is 0.125. The minimum absolute atomic E-state index is 0.0959. The Morgan fingerprint density at radius 2 is 1.78 bits per heavy atom.